The Balaban J connectivity index is 2.72. The number of fused-ring (bicyclic) bond motifs is 1. The molecule has 1 heterocycles. The minimum atomic E-state index is 0.372. The first kappa shape index (κ1) is 10.5. The summed E-state index contributed by atoms with van der Waals surface area (Å²) in [4.78, 5) is 4.43. The number of hydrogen-bond donors (Lipinski definition) is 0. The largest absolute Gasteiger partial charge is 0.497 e. The number of methoxy groups -OCH3 is 1. The number of imidazole rings is 1. The lowest BCUT2D eigenvalue weighted by Gasteiger charge is -2.10. The lowest BCUT2D eigenvalue weighted by Crippen LogP contribution is -2.00. The van der Waals surface area contributed by atoms with Crippen LogP contribution in [0.4, 0.5) is 0 Å². The molecule has 0 aliphatic carbocycles. The van der Waals surface area contributed by atoms with Gasteiger partial charge in [0.25, 0.3) is 0 Å². The van der Waals surface area contributed by atoms with Crippen LogP contribution in [-0.4, -0.2) is 16.7 Å². The highest BCUT2D eigenvalue weighted by molar-refractivity contribution is 9.10. The minimum absolute atomic E-state index is 0.372. The van der Waals surface area contributed by atoms with E-state index in [0.29, 0.717) is 6.04 Å². The molecule has 1 aromatic carbocycles. The molecule has 0 amide bonds. The molecule has 2 rings (SSSR count). The molecule has 0 radical (unpaired) electrons. The average Bonchev–Trinajstić information content (AvgIpc) is 2.52. The molecule has 0 bridgehead atoms. The van der Waals surface area contributed by atoms with Crippen molar-refractivity contribution in [3.05, 3.63) is 22.9 Å². The number of ether oxygens (including phenoxy) is 1. The molecule has 0 spiro atoms. The number of nitrogens with zero attached hydrogens (tertiary/aromatic N) is 2. The van der Waals surface area contributed by atoms with Gasteiger partial charge in [-0.15, -0.1) is 0 Å². The van der Waals surface area contributed by atoms with E-state index in [-0.39, 0.29) is 0 Å². The zero-order valence-electron chi connectivity index (χ0n) is 8.99. The molecule has 0 saturated carbocycles. The minimum Gasteiger partial charge on any atom is -0.497 e. The Morgan fingerprint density at radius 2 is 2.13 bits per heavy atom. The molecule has 3 nitrogen and oxygen atoms in total. The van der Waals surface area contributed by atoms with Gasteiger partial charge in [0.2, 0.25) is 0 Å². The first-order valence-corrected chi connectivity index (χ1v) is 5.64. The molecule has 0 fully saturated rings. The van der Waals surface area contributed by atoms with Gasteiger partial charge in [-0.25, -0.2) is 4.98 Å². The third-order valence-corrected chi connectivity index (χ3v) is 2.93. The summed E-state index contributed by atoms with van der Waals surface area (Å²) in [6, 6.07) is 6.27. The fourth-order valence-corrected chi connectivity index (χ4v) is 2.45. The van der Waals surface area contributed by atoms with Crippen LogP contribution in [0.2, 0.25) is 0 Å². The first-order valence-electron chi connectivity index (χ1n) is 4.85. The molecule has 15 heavy (non-hydrogen) atoms. The Labute approximate surface area is 97.2 Å². The second-order valence-corrected chi connectivity index (χ2v) is 4.41. The maximum Gasteiger partial charge on any atom is 0.178 e. The zero-order chi connectivity index (χ0) is 11.0. The van der Waals surface area contributed by atoms with Crippen molar-refractivity contribution >= 4 is 27.0 Å². The van der Waals surface area contributed by atoms with E-state index in [9.17, 15) is 0 Å². The number of benzene rings is 1. The Bertz CT molecular complexity index is 491. The first-order chi connectivity index (χ1) is 7.13. The van der Waals surface area contributed by atoms with Gasteiger partial charge in [-0.2, -0.15) is 0 Å². The van der Waals surface area contributed by atoms with Crippen LogP contribution in [0.15, 0.2) is 22.9 Å². The van der Waals surface area contributed by atoms with Gasteiger partial charge in [0, 0.05) is 12.1 Å². The van der Waals surface area contributed by atoms with Crippen LogP contribution in [0.5, 0.6) is 5.75 Å². The van der Waals surface area contributed by atoms with Crippen LogP contribution >= 0.6 is 15.9 Å². The molecule has 0 saturated heterocycles. The van der Waals surface area contributed by atoms with Crippen molar-refractivity contribution in [3.8, 4) is 5.75 Å². The summed E-state index contributed by atoms with van der Waals surface area (Å²) in [6.07, 6.45) is 0. The molecule has 1 aromatic heterocycles. The van der Waals surface area contributed by atoms with Crippen LogP contribution in [0.1, 0.15) is 19.9 Å². The van der Waals surface area contributed by atoms with Crippen molar-refractivity contribution in [1.82, 2.24) is 9.55 Å². The van der Waals surface area contributed by atoms with Gasteiger partial charge in [0.15, 0.2) is 4.73 Å². The zero-order valence-corrected chi connectivity index (χ0v) is 10.6. The Kier molecular flexibility index (Phi) is 2.69. The van der Waals surface area contributed by atoms with Crippen LogP contribution < -0.4 is 4.74 Å². The number of hydrogen-bond acceptors (Lipinski definition) is 2. The fraction of sp³-hybridized carbons (Fsp3) is 0.364. The summed E-state index contributed by atoms with van der Waals surface area (Å²) in [5, 5.41) is 0. The van der Waals surface area contributed by atoms with E-state index in [1.165, 1.54) is 0 Å². The van der Waals surface area contributed by atoms with Crippen molar-refractivity contribution in [3.63, 3.8) is 0 Å². The SMILES string of the molecule is COc1ccc2nc(Br)n(C(C)C)c2c1. The predicted octanol–water partition coefficient (Wildman–Crippen LogP) is 3.39. The second kappa shape index (κ2) is 3.85. The van der Waals surface area contributed by atoms with Gasteiger partial charge in [-0.05, 0) is 41.9 Å². The predicted molar refractivity (Wildman–Crippen MR) is 64.4 cm³/mol. The maximum atomic E-state index is 5.21. The normalized spacial score (nSPS) is 11.3. The molecule has 0 unspecified atom stereocenters. The summed E-state index contributed by atoms with van der Waals surface area (Å²) in [7, 11) is 1.67. The van der Waals surface area contributed by atoms with E-state index in [0.717, 1.165) is 21.5 Å². The van der Waals surface area contributed by atoms with E-state index in [2.05, 4.69) is 39.3 Å². The number of aromatic nitrogens is 2. The monoisotopic (exact) mass is 268 g/mol. The third-order valence-electron chi connectivity index (χ3n) is 2.37. The second-order valence-electron chi connectivity index (χ2n) is 3.70. The fourth-order valence-electron chi connectivity index (χ4n) is 1.66. The number of halogens is 1. The molecular weight excluding hydrogens is 256 g/mol. The quantitative estimate of drug-likeness (QED) is 0.835. The molecule has 4 heteroatoms. The Morgan fingerprint density at radius 1 is 1.40 bits per heavy atom. The topological polar surface area (TPSA) is 27.1 Å². The van der Waals surface area contributed by atoms with E-state index < -0.39 is 0 Å². The lowest BCUT2D eigenvalue weighted by atomic mass is 10.3. The van der Waals surface area contributed by atoms with E-state index in [1.807, 2.05) is 18.2 Å². The van der Waals surface area contributed by atoms with Gasteiger partial charge < -0.3 is 9.30 Å². The smallest absolute Gasteiger partial charge is 0.178 e. The van der Waals surface area contributed by atoms with Crippen LogP contribution in [0, 0.1) is 0 Å². The molecule has 0 aliphatic heterocycles. The van der Waals surface area contributed by atoms with Crippen molar-refractivity contribution in [2.45, 2.75) is 19.9 Å². The average molecular weight is 269 g/mol. The summed E-state index contributed by atoms with van der Waals surface area (Å²) >= 11 is 3.47. The van der Waals surface area contributed by atoms with Crippen LogP contribution in [0.3, 0.4) is 0 Å². The van der Waals surface area contributed by atoms with Crippen LogP contribution in [0.25, 0.3) is 11.0 Å². The van der Waals surface area contributed by atoms with Gasteiger partial charge in [-0.3, -0.25) is 0 Å². The van der Waals surface area contributed by atoms with Gasteiger partial charge in [0.1, 0.15) is 5.75 Å². The molecule has 0 N–H and O–H groups in total. The highest BCUT2D eigenvalue weighted by atomic mass is 79.9. The summed E-state index contributed by atoms with van der Waals surface area (Å²) in [5.74, 6) is 0.858. The maximum absolute atomic E-state index is 5.21. The van der Waals surface area contributed by atoms with Crippen molar-refractivity contribution in [2.75, 3.05) is 7.11 Å². The highest BCUT2D eigenvalue weighted by Crippen LogP contribution is 2.27. The van der Waals surface area contributed by atoms with Crippen molar-refractivity contribution in [2.24, 2.45) is 0 Å². The lowest BCUT2D eigenvalue weighted by molar-refractivity contribution is 0.415. The van der Waals surface area contributed by atoms with Gasteiger partial charge in [0.05, 0.1) is 18.1 Å². The highest BCUT2D eigenvalue weighted by Gasteiger charge is 2.11. The molecule has 2 aromatic rings. The Morgan fingerprint density at radius 3 is 2.73 bits per heavy atom. The molecular formula is C11H13BrN2O. The van der Waals surface area contributed by atoms with Crippen molar-refractivity contribution < 1.29 is 4.74 Å². The van der Waals surface area contributed by atoms with E-state index in [4.69, 9.17) is 4.74 Å². The van der Waals surface area contributed by atoms with Crippen LogP contribution in [-0.2, 0) is 0 Å². The summed E-state index contributed by atoms with van der Waals surface area (Å²) in [5.41, 5.74) is 2.08. The third kappa shape index (κ3) is 1.74. The summed E-state index contributed by atoms with van der Waals surface area (Å²) < 4.78 is 8.21. The van der Waals surface area contributed by atoms with Crippen molar-refractivity contribution in [1.29, 1.82) is 0 Å². The van der Waals surface area contributed by atoms with Gasteiger partial charge >= 0.3 is 0 Å². The van der Waals surface area contributed by atoms with Gasteiger partial charge in [-0.1, -0.05) is 0 Å². The molecule has 80 valence electrons. The van der Waals surface area contributed by atoms with E-state index >= 15 is 0 Å². The number of rotatable bonds is 2. The standard InChI is InChI=1S/C11H13BrN2O/c1-7(2)14-10-6-8(15-3)4-5-9(10)13-11(14)12/h4-7H,1-3H3. The Hall–Kier alpha value is -1.03. The molecule has 0 atom stereocenters. The molecule has 0 aliphatic rings. The summed E-state index contributed by atoms with van der Waals surface area (Å²) in [6.45, 7) is 4.26. The van der Waals surface area contributed by atoms with E-state index in [1.54, 1.807) is 7.11 Å².